The molecule has 2 N–H and O–H groups in total. The van der Waals surface area contributed by atoms with Crippen molar-refractivity contribution in [3.63, 3.8) is 0 Å². The fourth-order valence-electron chi connectivity index (χ4n) is 4.44. The molecule has 1 amide bonds. The zero-order valence-corrected chi connectivity index (χ0v) is 18.4. The number of nitrogens with one attached hydrogen (secondary N) is 1. The van der Waals surface area contributed by atoms with Crippen LogP contribution in [0.4, 0.5) is 0 Å². The van der Waals surface area contributed by atoms with Crippen molar-refractivity contribution >= 4 is 40.0 Å². The molecule has 1 fully saturated rings. The molecule has 0 aliphatic carbocycles. The fourth-order valence-corrected chi connectivity index (χ4v) is 4.56. The molecule has 5 nitrogen and oxygen atoms in total. The second-order valence-electron chi connectivity index (χ2n) is 8.02. The molecule has 0 saturated carbocycles. The molecule has 1 saturated heterocycles. The van der Waals surface area contributed by atoms with Crippen LogP contribution in [0.5, 0.6) is 0 Å². The van der Waals surface area contributed by atoms with Crippen molar-refractivity contribution in [2.24, 2.45) is 0 Å². The van der Waals surface area contributed by atoms with Crippen molar-refractivity contribution in [1.29, 1.82) is 0 Å². The van der Waals surface area contributed by atoms with E-state index < -0.39 is 17.7 Å². The number of hydrogen-bond donors (Lipinski definition) is 2. The van der Waals surface area contributed by atoms with Crippen molar-refractivity contribution in [2.45, 2.75) is 12.5 Å². The Labute approximate surface area is 195 Å². The molecule has 0 bridgehead atoms. The van der Waals surface area contributed by atoms with Crippen LogP contribution >= 0.6 is 11.6 Å². The summed E-state index contributed by atoms with van der Waals surface area (Å²) in [5, 5.41) is 12.7. The van der Waals surface area contributed by atoms with Gasteiger partial charge in [-0.2, -0.15) is 0 Å². The van der Waals surface area contributed by atoms with Crippen LogP contribution in [0.1, 0.15) is 22.7 Å². The molecule has 1 aliphatic rings. The van der Waals surface area contributed by atoms with Gasteiger partial charge in [-0.05, 0) is 47.9 Å². The molecule has 2 heterocycles. The first kappa shape index (κ1) is 21.0. The van der Waals surface area contributed by atoms with Gasteiger partial charge in [0.05, 0.1) is 11.6 Å². The van der Waals surface area contributed by atoms with Crippen LogP contribution in [0.2, 0.25) is 5.02 Å². The van der Waals surface area contributed by atoms with E-state index >= 15 is 0 Å². The number of H-pyrrole nitrogens is 1. The Kier molecular flexibility index (Phi) is 5.48. The number of nitrogens with zero attached hydrogens (tertiary/aromatic N) is 1. The number of Topliss-reactive ketones (excluding diaryl/α,β-unsaturated/α-hetero) is 1. The summed E-state index contributed by atoms with van der Waals surface area (Å²) in [4.78, 5) is 31.0. The minimum absolute atomic E-state index is 0.0902. The molecule has 164 valence electrons. The number of hydrogen-bond acceptors (Lipinski definition) is 3. The van der Waals surface area contributed by atoms with E-state index in [-0.39, 0.29) is 11.3 Å². The highest BCUT2D eigenvalue weighted by Crippen LogP contribution is 2.39. The quantitative estimate of drug-likeness (QED) is 0.237. The Balaban J connectivity index is 1.55. The zero-order chi connectivity index (χ0) is 22.9. The number of rotatable bonds is 5. The Morgan fingerprint density at radius 1 is 0.939 bits per heavy atom. The molecular weight excluding hydrogens is 436 g/mol. The standard InChI is InChI=1S/C27H21ClN2O3/c28-20-12-10-18(11-13-20)25(31)23-24(17-6-2-1-3-7-17)30(27(33)26(23)32)15-14-19-16-29-22-9-5-4-8-21(19)22/h1-13,16,24,29,31H,14-15H2. The van der Waals surface area contributed by atoms with Crippen LogP contribution < -0.4 is 0 Å². The van der Waals surface area contributed by atoms with Crippen LogP contribution in [0, 0.1) is 0 Å². The number of aromatic nitrogens is 1. The Morgan fingerprint density at radius 3 is 2.39 bits per heavy atom. The van der Waals surface area contributed by atoms with Crippen molar-refractivity contribution in [3.8, 4) is 0 Å². The third-order valence-corrected chi connectivity index (χ3v) is 6.32. The molecule has 1 atom stereocenters. The second-order valence-corrected chi connectivity index (χ2v) is 8.46. The van der Waals surface area contributed by atoms with Gasteiger partial charge in [0.1, 0.15) is 5.76 Å². The van der Waals surface area contributed by atoms with E-state index in [4.69, 9.17) is 11.6 Å². The van der Waals surface area contributed by atoms with Crippen LogP contribution in [-0.2, 0) is 16.0 Å². The third kappa shape index (κ3) is 3.81. The summed E-state index contributed by atoms with van der Waals surface area (Å²) in [5.41, 5.74) is 3.39. The molecule has 5 rings (SSSR count). The lowest BCUT2D eigenvalue weighted by atomic mass is 9.95. The first-order valence-electron chi connectivity index (χ1n) is 10.7. The van der Waals surface area contributed by atoms with Gasteiger partial charge in [-0.1, -0.05) is 60.1 Å². The minimum Gasteiger partial charge on any atom is -0.507 e. The second kappa shape index (κ2) is 8.60. The number of fused-ring (bicyclic) bond motifs is 1. The van der Waals surface area contributed by atoms with Gasteiger partial charge in [0.2, 0.25) is 0 Å². The first-order chi connectivity index (χ1) is 16.0. The summed E-state index contributed by atoms with van der Waals surface area (Å²) < 4.78 is 0. The molecular formula is C27H21ClN2O3. The predicted molar refractivity (Wildman–Crippen MR) is 129 cm³/mol. The number of para-hydroxylation sites is 1. The van der Waals surface area contributed by atoms with Crippen molar-refractivity contribution < 1.29 is 14.7 Å². The van der Waals surface area contributed by atoms with Crippen LogP contribution in [0.25, 0.3) is 16.7 Å². The monoisotopic (exact) mass is 456 g/mol. The maximum Gasteiger partial charge on any atom is 0.295 e. The van der Waals surface area contributed by atoms with Gasteiger partial charge in [0.15, 0.2) is 0 Å². The zero-order valence-electron chi connectivity index (χ0n) is 17.7. The number of carbonyl (C=O) groups is 2. The molecule has 0 radical (unpaired) electrons. The minimum atomic E-state index is -0.685. The summed E-state index contributed by atoms with van der Waals surface area (Å²) in [6, 6.07) is 23.2. The average Bonchev–Trinajstić information content (AvgIpc) is 3.37. The normalized spacial score (nSPS) is 17.7. The van der Waals surface area contributed by atoms with Crippen molar-refractivity contribution in [3.05, 3.63) is 112 Å². The topological polar surface area (TPSA) is 73.4 Å². The maximum atomic E-state index is 13.1. The summed E-state index contributed by atoms with van der Waals surface area (Å²) >= 11 is 5.98. The smallest absolute Gasteiger partial charge is 0.295 e. The molecule has 3 aromatic carbocycles. The number of aromatic amines is 1. The van der Waals surface area contributed by atoms with Gasteiger partial charge in [0.25, 0.3) is 11.7 Å². The van der Waals surface area contributed by atoms with Crippen molar-refractivity contribution in [1.82, 2.24) is 9.88 Å². The Bertz CT molecular complexity index is 1370. The average molecular weight is 457 g/mol. The van der Waals surface area contributed by atoms with E-state index in [1.165, 1.54) is 0 Å². The number of benzene rings is 3. The lowest BCUT2D eigenvalue weighted by molar-refractivity contribution is -0.139. The molecule has 33 heavy (non-hydrogen) atoms. The summed E-state index contributed by atoms with van der Waals surface area (Å²) in [6.07, 6.45) is 2.51. The fraction of sp³-hybridized carbons (Fsp3) is 0.111. The van der Waals surface area contributed by atoms with Gasteiger partial charge in [0, 0.05) is 34.2 Å². The van der Waals surface area contributed by atoms with E-state index in [0.717, 1.165) is 22.0 Å². The highest BCUT2D eigenvalue weighted by atomic mass is 35.5. The number of amides is 1. The van der Waals surface area contributed by atoms with Gasteiger partial charge < -0.3 is 15.0 Å². The molecule has 0 spiro atoms. The van der Waals surface area contributed by atoms with E-state index in [1.807, 2.05) is 60.8 Å². The van der Waals surface area contributed by atoms with E-state index in [9.17, 15) is 14.7 Å². The highest BCUT2D eigenvalue weighted by Gasteiger charge is 2.45. The number of ketones is 1. The van der Waals surface area contributed by atoms with Gasteiger partial charge in [-0.25, -0.2) is 0 Å². The van der Waals surface area contributed by atoms with Crippen LogP contribution in [-0.4, -0.2) is 33.2 Å². The number of carbonyl (C=O) groups excluding carboxylic acids is 2. The third-order valence-electron chi connectivity index (χ3n) is 6.07. The number of aliphatic hydroxyl groups is 1. The number of halogens is 1. The van der Waals surface area contributed by atoms with Crippen LogP contribution in [0.3, 0.4) is 0 Å². The molecule has 1 unspecified atom stereocenters. The number of aliphatic hydroxyl groups excluding tert-OH is 1. The molecule has 6 heteroatoms. The highest BCUT2D eigenvalue weighted by molar-refractivity contribution is 6.46. The van der Waals surface area contributed by atoms with E-state index in [0.29, 0.717) is 23.6 Å². The van der Waals surface area contributed by atoms with Gasteiger partial charge >= 0.3 is 0 Å². The predicted octanol–water partition coefficient (Wildman–Crippen LogP) is 5.49. The van der Waals surface area contributed by atoms with Crippen molar-refractivity contribution in [2.75, 3.05) is 6.54 Å². The maximum absolute atomic E-state index is 13.1. The molecule has 1 aromatic heterocycles. The summed E-state index contributed by atoms with van der Waals surface area (Å²) in [6.45, 7) is 0.337. The SMILES string of the molecule is O=C1C(=O)N(CCc2c[nH]c3ccccc23)C(c2ccccc2)C1=C(O)c1ccc(Cl)cc1. The lowest BCUT2D eigenvalue weighted by Gasteiger charge is -2.25. The molecule has 1 aliphatic heterocycles. The lowest BCUT2D eigenvalue weighted by Crippen LogP contribution is -2.31. The van der Waals surface area contributed by atoms with Gasteiger partial charge in [-0.15, -0.1) is 0 Å². The summed E-state index contributed by atoms with van der Waals surface area (Å²) in [5.74, 6) is -1.50. The van der Waals surface area contributed by atoms with E-state index in [1.54, 1.807) is 29.2 Å². The first-order valence-corrected chi connectivity index (χ1v) is 11.1. The van der Waals surface area contributed by atoms with Gasteiger partial charge in [-0.3, -0.25) is 9.59 Å². The van der Waals surface area contributed by atoms with E-state index in [2.05, 4.69) is 4.98 Å². The largest absolute Gasteiger partial charge is 0.507 e. The van der Waals surface area contributed by atoms with Crippen LogP contribution in [0.15, 0.2) is 90.6 Å². The number of likely N-dealkylation sites (tertiary alicyclic amines) is 1. The Morgan fingerprint density at radius 2 is 1.64 bits per heavy atom. The molecule has 4 aromatic rings. The summed E-state index contributed by atoms with van der Waals surface area (Å²) in [7, 11) is 0. The Hall–Kier alpha value is -3.83.